The first-order chi connectivity index (χ1) is 9.06. The molecule has 3 aromatic rings. The molecule has 0 amide bonds. The Bertz CT molecular complexity index is 775. The van der Waals surface area contributed by atoms with Gasteiger partial charge in [0.2, 0.25) is 0 Å². The van der Waals surface area contributed by atoms with Crippen molar-refractivity contribution in [1.82, 2.24) is 9.78 Å². The molecule has 0 N–H and O–H groups in total. The molecule has 0 radical (unpaired) electrons. The average molecular weight is 258 g/mol. The highest BCUT2D eigenvalue weighted by molar-refractivity contribution is 5.94. The van der Waals surface area contributed by atoms with Crippen LogP contribution in [0.5, 0.6) is 0 Å². The van der Waals surface area contributed by atoms with Gasteiger partial charge < -0.3 is 0 Å². The van der Waals surface area contributed by atoms with Gasteiger partial charge in [0.15, 0.2) is 5.82 Å². The summed E-state index contributed by atoms with van der Waals surface area (Å²) in [6.45, 7) is 1.71. The zero-order valence-corrected chi connectivity index (χ0v) is 10.6. The molecule has 0 saturated carbocycles. The largest absolute Gasteiger partial charge is 0.274 e. The first-order valence-corrected chi connectivity index (χ1v) is 5.94. The van der Waals surface area contributed by atoms with Gasteiger partial charge in [-0.05, 0) is 35.7 Å². The fraction of sp³-hybridized carbons (Fsp3) is 0.133. The van der Waals surface area contributed by atoms with Crippen LogP contribution in [0.15, 0.2) is 36.5 Å². The van der Waals surface area contributed by atoms with E-state index in [0.717, 1.165) is 11.1 Å². The fourth-order valence-corrected chi connectivity index (χ4v) is 2.20. The van der Waals surface area contributed by atoms with Gasteiger partial charge in [0, 0.05) is 18.6 Å². The van der Waals surface area contributed by atoms with Crippen molar-refractivity contribution >= 4 is 10.9 Å². The van der Waals surface area contributed by atoms with E-state index in [1.165, 1.54) is 12.1 Å². The van der Waals surface area contributed by atoms with E-state index in [-0.39, 0.29) is 11.6 Å². The van der Waals surface area contributed by atoms with E-state index in [1.807, 2.05) is 6.07 Å². The highest BCUT2D eigenvalue weighted by Crippen LogP contribution is 2.30. The summed E-state index contributed by atoms with van der Waals surface area (Å²) in [6.07, 6.45) is 1.74. The SMILES string of the molecule is Cc1ccc(-c2ccc(F)c3nn(C)cc23)cc1F. The Morgan fingerprint density at radius 2 is 1.84 bits per heavy atom. The molecule has 1 heterocycles. The summed E-state index contributed by atoms with van der Waals surface area (Å²) in [5.74, 6) is -0.634. The van der Waals surface area contributed by atoms with Gasteiger partial charge in [-0.1, -0.05) is 18.2 Å². The van der Waals surface area contributed by atoms with Crippen LogP contribution < -0.4 is 0 Å². The molecule has 4 heteroatoms. The summed E-state index contributed by atoms with van der Waals surface area (Å²) in [5, 5.41) is 4.77. The number of fused-ring (bicyclic) bond motifs is 1. The summed E-state index contributed by atoms with van der Waals surface area (Å²) >= 11 is 0. The minimum Gasteiger partial charge on any atom is -0.274 e. The zero-order valence-electron chi connectivity index (χ0n) is 10.6. The smallest absolute Gasteiger partial charge is 0.151 e. The Morgan fingerprint density at radius 1 is 1.05 bits per heavy atom. The zero-order chi connectivity index (χ0) is 13.6. The Labute approximate surface area is 109 Å². The van der Waals surface area contributed by atoms with Gasteiger partial charge in [-0.2, -0.15) is 5.10 Å². The Morgan fingerprint density at radius 3 is 2.58 bits per heavy atom. The van der Waals surface area contributed by atoms with E-state index >= 15 is 0 Å². The van der Waals surface area contributed by atoms with Gasteiger partial charge in [-0.25, -0.2) is 8.78 Å². The van der Waals surface area contributed by atoms with Crippen LogP contribution in [-0.2, 0) is 7.05 Å². The molecule has 0 bridgehead atoms. The van der Waals surface area contributed by atoms with E-state index in [2.05, 4.69) is 5.10 Å². The quantitative estimate of drug-likeness (QED) is 0.648. The van der Waals surface area contributed by atoms with Crippen LogP contribution in [0.2, 0.25) is 0 Å². The van der Waals surface area contributed by atoms with E-state index in [1.54, 1.807) is 37.0 Å². The number of aryl methyl sites for hydroxylation is 2. The van der Waals surface area contributed by atoms with Gasteiger partial charge >= 0.3 is 0 Å². The monoisotopic (exact) mass is 258 g/mol. The molecule has 0 atom stereocenters. The van der Waals surface area contributed by atoms with Crippen LogP contribution in [0.25, 0.3) is 22.0 Å². The second kappa shape index (κ2) is 4.16. The van der Waals surface area contributed by atoms with Crippen LogP contribution in [0.3, 0.4) is 0 Å². The first kappa shape index (κ1) is 11.8. The van der Waals surface area contributed by atoms with Crippen LogP contribution in [-0.4, -0.2) is 9.78 Å². The molecule has 96 valence electrons. The van der Waals surface area contributed by atoms with E-state index in [0.29, 0.717) is 16.5 Å². The summed E-state index contributed by atoms with van der Waals surface area (Å²) in [5.41, 5.74) is 2.40. The number of nitrogens with zero attached hydrogens (tertiary/aromatic N) is 2. The van der Waals surface area contributed by atoms with Crippen molar-refractivity contribution in [3.05, 3.63) is 53.7 Å². The molecule has 0 fully saturated rings. The molecule has 2 nitrogen and oxygen atoms in total. The lowest BCUT2D eigenvalue weighted by Gasteiger charge is -2.05. The van der Waals surface area contributed by atoms with Gasteiger partial charge in [0.05, 0.1) is 0 Å². The van der Waals surface area contributed by atoms with Crippen molar-refractivity contribution in [2.75, 3.05) is 0 Å². The van der Waals surface area contributed by atoms with Crippen molar-refractivity contribution in [3.8, 4) is 11.1 Å². The third-order valence-corrected chi connectivity index (χ3v) is 3.22. The van der Waals surface area contributed by atoms with Crippen molar-refractivity contribution in [2.45, 2.75) is 6.92 Å². The molecular formula is C15H12F2N2. The minimum absolute atomic E-state index is 0.265. The van der Waals surface area contributed by atoms with E-state index in [4.69, 9.17) is 0 Å². The van der Waals surface area contributed by atoms with Crippen LogP contribution in [0.1, 0.15) is 5.56 Å². The van der Waals surface area contributed by atoms with Gasteiger partial charge in [-0.3, -0.25) is 4.68 Å². The maximum Gasteiger partial charge on any atom is 0.151 e. The van der Waals surface area contributed by atoms with Crippen LogP contribution in [0, 0.1) is 18.6 Å². The number of halogens is 2. The number of benzene rings is 2. The maximum atomic E-state index is 13.7. The molecule has 0 aliphatic heterocycles. The summed E-state index contributed by atoms with van der Waals surface area (Å²) in [4.78, 5) is 0. The Hall–Kier alpha value is -2.23. The molecule has 0 aliphatic carbocycles. The van der Waals surface area contributed by atoms with Gasteiger partial charge in [0.25, 0.3) is 0 Å². The fourth-order valence-electron chi connectivity index (χ4n) is 2.20. The second-order valence-corrected chi connectivity index (χ2v) is 4.62. The number of aromatic nitrogens is 2. The predicted molar refractivity (Wildman–Crippen MR) is 70.8 cm³/mol. The average Bonchev–Trinajstić information content (AvgIpc) is 2.76. The summed E-state index contributed by atoms with van der Waals surface area (Å²) in [6, 6.07) is 8.04. The lowest BCUT2D eigenvalue weighted by Crippen LogP contribution is -1.87. The summed E-state index contributed by atoms with van der Waals surface area (Å²) in [7, 11) is 1.74. The Balaban J connectivity index is 2.30. The molecule has 19 heavy (non-hydrogen) atoms. The standard InChI is InChI=1S/C15H12F2N2/c1-9-3-4-10(7-14(9)17)11-5-6-13(16)15-12(11)8-19(2)18-15/h3-8H,1-2H3. The highest BCUT2D eigenvalue weighted by Gasteiger charge is 2.12. The van der Waals surface area contributed by atoms with Crippen molar-refractivity contribution in [2.24, 2.45) is 7.05 Å². The lowest BCUT2D eigenvalue weighted by atomic mass is 10.0. The van der Waals surface area contributed by atoms with Crippen LogP contribution >= 0.6 is 0 Å². The third kappa shape index (κ3) is 1.89. The molecule has 0 spiro atoms. The van der Waals surface area contributed by atoms with Gasteiger partial charge in [-0.15, -0.1) is 0 Å². The van der Waals surface area contributed by atoms with Crippen LogP contribution in [0.4, 0.5) is 8.78 Å². The molecule has 0 unspecified atom stereocenters. The highest BCUT2D eigenvalue weighted by atomic mass is 19.1. The van der Waals surface area contributed by atoms with Crippen molar-refractivity contribution in [1.29, 1.82) is 0 Å². The third-order valence-electron chi connectivity index (χ3n) is 3.22. The Kier molecular flexibility index (Phi) is 2.59. The van der Waals surface area contributed by atoms with Gasteiger partial charge in [0.1, 0.15) is 11.3 Å². The number of hydrogen-bond donors (Lipinski definition) is 0. The number of hydrogen-bond acceptors (Lipinski definition) is 1. The molecule has 3 rings (SSSR count). The molecule has 0 aliphatic rings. The summed E-state index contributed by atoms with van der Waals surface area (Å²) < 4.78 is 28.9. The minimum atomic E-state index is -0.369. The van der Waals surface area contributed by atoms with E-state index < -0.39 is 0 Å². The lowest BCUT2D eigenvalue weighted by molar-refractivity contribution is 0.619. The van der Waals surface area contributed by atoms with Crippen molar-refractivity contribution in [3.63, 3.8) is 0 Å². The predicted octanol–water partition coefficient (Wildman–Crippen LogP) is 3.83. The molecule has 2 aromatic carbocycles. The first-order valence-electron chi connectivity index (χ1n) is 5.94. The maximum absolute atomic E-state index is 13.7. The molecular weight excluding hydrogens is 246 g/mol. The normalized spacial score (nSPS) is 11.2. The second-order valence-electron chi connectivity index (χ2n) is 4.62. The number of rotatable bonds is 1. The molecule has 1 aromatic heterocycles. The topological polar surface area (TPSA) is 17.8 Å². The van der Waals surface area contributed by atoms with E-state index in [9.17, 15) is 8.78 Å². The molecule has 0 saturated heterocycles. The van der Waals surface area contributed by atoms with Crippen molar-refractivity contribution < 1.29 is 8.78 Å².